The van der Waals surface area contributed by atoms with Gasteiger partial charge in [-0.25, -0.2) is 4.79 Å². The number of methoxy groups -OCH3 is 1. The highest BCUT2D eigenvalue weighted by Crippen LogP contribution is 2.38. The lowest BCUT2D eigenvalue weighted by Gasteiger charge is -2.20. The van der Waals surface area contributed by atoms with Gasteiger partial charge >= 0.3 is 11.9 Å². The van der Waals surface area contributed by atoms with Crippen LogP contribution in [0.25, 0.3) is 0 Å². The van der Waals surface area contributed by atoms with Crippen molar-refractivity contribution in [2.75, 3.05) is 19.5 Å². The molecule has 1 aliphatic carbocycles. The van der Waals surface area contributed by atoms with E-state index < -0.39 is 5.97 Å². The smallest absolute Gasteiger partial charge is 0.341 e. The monoisotopic (exact) mass is 401 g/mol. The molecular weight excluding hydrogens is 370 g/mol. The van der Waals surface area contributed by atoms with E-state index in [0.717, 1.165) is 60.0 Å². The lowest BCUT2D eigenvalue weighted by atomic mass is 9.86. The Bertz CT molecular complexity index is 814. The fourth-order valence-corrected chi connectivity index (χ4v) is 4.74. The minimum Gasteiger partial charge on any atom is -0.481 e. The predicted molar refractivity (Wildman–Crippen MR) is 111 cm³/mol. The number of allylic oxidation sites excluding steroid dienone is 2. The molecular formula is C23H31NO5. The van der Waals surface area contributed by atoms with E-state index in [-0.39, 0.29) is 17.8 Å². The molecule has 2 unspecified atom stereocenters. The maximum Gasteiger partial charge on any atom is 0.341 e. The molecule has 0 spiro atoms. The minimum absolute atomic E-state index is 0.0550. The Kier molecular flexibility index (Phi) is 6.96. The van der Waals surface area contributed by atoms with Gasteiger partial charge in [0.2, 0.25) is 0 Å². The molecule has 2 N–H and O–H groups in total. The van der Waals surface area contributed by atoms with Gasteiger partial charge in [0, 0.05) is 19.7 Å². The minimum atomic E-state index is -0.700. The molecule has 1 saturated carbocycles. The first-order valence-corrected chi connectivity index (χ1v) is 10.4. The fraction of sp³-hybridized carbons (Fsp3) is 0.565. The van der Waals surface area contributed by atoms with Crippen molar-refractivity contribution >= 4 is 17.6 Å². The second kappa shape index (κ2) is 9.44. The zero-order chi connectivity index (χ0) is 21.0. The Labute approximate surface area is 172 Å². The van der Waals surface area contributed by atoms with Crippen LogP contribution in [0.1, 0.15) is 64.7 Å². The summed E-state index contributed by atoms with van der Waals surface area (Å²) in [5.74, 6) is -1.25. The summed E-state index contributed by atoms with van der Waals surface area (Å²) in [6.07, 6.45) is 9.54. The molecule has 29 heavy (non-hydrogen) atoms. The van der Waals surface area contributed by atoms with Crippen molar-refractivity contribution in [1.82, 2.24) is 0 Å². The van der Waals surface area contributed by atoms with Crippen LogP contribution in [-0.2, 0) is 33.9 Å². The van der Waals surface area contributed by atoms with Crippen LogP contribution in [0.3, 0.4) is 0 Å². The highest BCUT2D eigenvalue weighted by atomic mass is 16.5. The van der Waals surface area contributed by atoms with Crippen molar-refractivity contribution < 1.29 is 24.2 Å². The fourth-order valence-electron chi connectivity index (χ4n) is 4.74. The van der Waals surface area contributed by atoms with Crippen LogP contribution in [0.4, 0.5) is 5.69 Å². The van der Waals surface area contributed by atoms with E-state index in [9.17, 15) is 14.7 Å². The van der Waals surface area contributed by atoms with Crippen LogP contribution in [0.5, 0.6) is 0 Å². The molecule has 0 bridgehead atoms. The summed E-state index contributed by atoms with van der Waals surface area (Å²) in [5, 5.41) is 12.8. The van der Waals surface area contributed by atoms with Crippen molar-refractivity contribution in [3.8, 4) is 0 Å². The maximum atomic E-state index is 12.3. The molecule has 0 amide bonds. The highest BCUT2D eigenvalue weighted by molar-refractivity contribution is 6.01. The summed E-state index contributed by atoms with van der Waals surface area (Å²) in [5.41, 5.74) is 5.45. The van der Waals surface area contributed by atoms with E-state index in [2.05, 4.69) is 17.5 Å². The van der Waals surface area contributed by atoms with E-state index in [0.29, 0.717) is 25.2 Å². The van der Waals surface area contributed by atoms with E-state index in [1.165, 1.54) is 0 Å². The molecule has 0 saturated heterocycles. The number of aliphatic carboxylic acids is 1. The number of carbonyl (C=O) groups is 2. The summed E-state index contributed by atoms with van der Waals surface area (Å²) >= 11 is 0. The van der Waals surface area contributed by atoms with Gasteiger partial charge in [0.15, 0.2) is 0 Å². The Balaban J connectivity index is 1.94. The van der Waals surface area contributed by atoms with Crippen molar-refractivity contribution in [2.24, 2.45) is 11.8 Å². The molecule has 6 nitrogen and oxygen atoms in total. The number of hydrogen-bond acceptors (Lipinski definition) is 5. The molecule has 2 atom stereocenters. The molecule has 1 aliphatic heterocycles. The van der Waals surface area contributed by atoms with Crippen molar-refractivity contribution in [3.05, 3.63) is 40.0 Å². The molecule has 3 rings (SSSR count). The van der Waals surface area contributed by atoms with Crippen LogP contribution in [0, 0.1) is 18.8 Å². The SMILES string of the molecule is CNc1c(CC=CC2CCCCCC2C(=O)O)c(COC)c(C)c2c1C(=O)OC2. The third kappa shape index (κ3) is 4.32. The molecule has 1 heterocycles. The normalized spacial score (nSPS) is 21.7. The van der Waals surface area contributed by atoms with Crippen LogP contribution in [0.15, 0.2) is 12.2 Å². The van der Waals surface area contributed by atoms with Gasteiger partial charge in [-0.1, -0.05) is 31.4 Å². The van der Waals surface area contributed by atoms with E-state index >= 15 is 0 Å². The number of benzene rings is 1. The number of fused-ring (bicyclic) bond motifs is 1. The summed E-state index contributed by atoms with van der Waals surface area (Å²) in [7, 11) is 3.47. The van der Waals surface area contributed by atoms with Crippen LogP contribution < -0.4 is 5.32 Å². The lowest BCUT2D eigenvalue weighted by molar-refractivity contribution is -0.143. The largest absolute Gasteiger partial charge is 0.481 e. The Hall–Kier alpha value is -2.34. The Morgan fingerprint density at radius 1 is 1.28 bits per heavy atom. The number of rotatable bonds is 7. The molecule has 1 aromatic carbocycles. The molecule has 1 aromatic rings. The second-order valence-corrected chi connectivity index (χ2v) is 7.95. The standard InChI is InChI=1S/C23H31NO5/c1-14-18(12-28-3)17(21(24-2)20-19(14)13-29-23(20)27)11-7-9-15-8-5-4-6-10-16(15)22(25)26/h7,9,15-16,24H,4-6,8,10-13H2,1-3H3,(H,25,26). The zero-order valence-corrected chi connectivity index (χ0v) is 17.5. The summed E-state index contributed by atoms with van der Waals surface area (Å²) < 4.78 is 10.7. The van der Waals surface area contributed by atoms with Crippen LogP contribution >= 0.6 is 0 Å². The average Bonchev–Trinajstić information content (AvgIpc) is 2.93. The lowest BCUT2D eigenvalue weighted by Crippen LogP contribution is -2.21. The van der Waals surface area contributed by atoms with Crippen molar-refractivity contribution in [3.63, 3.8) is 0 Å². The maximum absolute atomic E-state index is 12.3. The first-order valence-electron chi connectivity index (χ1n) is 10.4. The number of esters is 1. The van der Waals surface area contributed by atoms with Gasteiger partial charge in [-0.3, -0.25) is 4.79 Å². The van der Waals surface area contributed by atoms with Gasteiger partial charge in [0.25, 0.3) is 0 Å². The first kappa shape index (κ1) is 21.4. The van der Waals surface area contributed by atoms with Gasteiger partial charge < -0.3 is 19.9 Å². The molecule has 2 aliphatic rings. The number of carboxylic acid groups (broad SMARTS) is 1. The quantitative estimate of drug-likeness (QED) is 0.404. The number of anilines is 1. The number of cyclic esters (lactones) is 1. The van der Waals surface area contributed by atoms with Gasteiger partial charge in [0.1, 0.15) is 6.61 Å². The van der Waals surface area contributed by atoms with E-state index in [4.69, 9.17) is 9.47 Å². The second-order valence-electron chi connectivity index (χ2n) is 7.95. The number of carboxylic acids is 1. The summed E-state index contributed by atoms with van der Waals surface area (Å²) in [6.45, 7) is 2.75. The van der Waals surface area contributed by atoms with Crippen LogP contribution in [-0.4, -0.2) is 31.2 Å². The molecule has 158 valence electrons. The number of ether oxygens (including phenoxy) is 2. The molecule has 0 aromatic heterocycles. The van der Waals surface area contributed by atoms with Gasteiger partial charge in [0.05, 0.1) is 23.8 Å². The summed E-state index contributed by atoms with van der Waals surface area (Å²) in [4.78, 5) is 24.0. The van der Waals surface area contributed by atoms with Crippen molar-refractivity contribution in [1.29, 1.82) is 0 Å². The van der Waals surface area contributed by atoms with E-state index in [1.54, 1.807) is 7.11 Å². The number of nitrogens with one attached hydrogen (secondary N) is 1. The summed E-state index contributed by atoms with van der Waals surface area (Å²) in [6, 6.07) is 0. The molecule has 6 heteroatoms. The number of carbonyl (C=O) groups excluding carboxylic acids is 1. The van der Waals surface area contributed by atoms with E-state index in [1.807, 2.05) is 14.0 Å². The zero-order valence-electron chi connectivity index (χ0n) is 17.5. The third-order valence-electron chi connectivity index (χ3n) is 6.31. The Morgan fingerprint density at radius 2 is 2.03 bits per heavy atom. The average molecular weight is 402 g/mol. The van der Waals surface area contributed by atoms with Crippen molar-refractivity contribution in [2.45, 2.75) is 58.7 Å². The number of hydrogen-bond donors (Lipinski definition) is 2. The third-order valence-corrected chi connectivity index (χ3v) is 6.31. The van der Waals surface area contributed by atoms with Gasteiger partial charge in [-0.2, -0.15) is 0 Å². The molecule has 0 radical (unpaired) electrons. The molecule has 1 fully saturated rings. The Morgan fingerprint density at radius 3 is 2.72 bits per heavy atom. The first-order chi connectivity index (χ1) is 14.0. The van der Waals surface area contributed by atoms with Gasteiger partial charge in [-0.05, 0) is 48.8 Å². The highest BCUT2D eigenvalue weighted by Gasteiger charge is 2.31. The predicted octanol–water partition coefficient (Wildman–Crippen LogP) is 4.23. The van der Waals surface area contributed by atoms with Crippen LogP contribution in [0.2, 0.25) is 0 Å². The topological polar surface area (TPSA) is 84.9 Å². The van der Waals surface area contributed by atoms with Gasteiger partial charge in [-0.15, -0.1) is 0 Å².